The van der Waals surface area contributed by atoms with Crippen molar-refractivity contribution in [3.05, 3.63) is 53.1 Å². The summed E-state index contributed by atoms with van der Waals surface area (Å²) in [6.07, 6.45) is 13.0. The molecule has 2 aromatic carbocycles. The van der Waals surface area contributed by atoms with E-state index in [1.165, 1.54) is 68.3 Å². The van der Waals surface area contributed by atoms with Gasteiger partial charge >= 0.3 is 0 Å². The van der Waals surface area contributed by atoms with Gasteiger partial charge in [-0.3, -0.25) is 14.6 Å². The summed E-state index contributed by atoms with van der Waals surface area (Å²) in [7, 11) is 0. The van der Waals surface area contributed by atoms with Crippen LogP contribution in [-0.4, -0.2) is 70.5 Å². The lowest BCUT2D eigenvalue weighted by molar-refractivity contribution is -0.0313. The molecule has 2 aromatic rings. The van der Waals surface area contributed by atoms with Crippen LogP contribution in [0.2, 0.25) is 0 Å². The minimum absolute atomic E-state index is 0.0326. The van der Waals surface area contributed by atoms with E-state index in [0.717, 1.165) is 56.6 Å². The molecule has 8 aliphatic rings. The van der Waals surface area contributed by atoms with E-state index in [1.54, 1.807) is 0 Å². The summed E-state index contributed by atoms with van der Waals surface area (Å²) in [5.74, 6) is 0.858. The van der Waals surface area contributed by atoms with Crippen LogP contribution in [0.3, 0.4) is 0 Å². The number of piperidine rings is 3. The summed E-state index contributed by atoms with van der Waals surface area (Å²) in [5, 5.41) is 16.1. The van der Waals surface area contributed by atoms with Gasteiger partial charge in [0.2, 0.25) is 0 Å². The number of fused-ring (bicyclic) bond motifs is 3. The number of benzene rings is 2. The maximum absolute atomic E-state index is 14.8. The number of carbonyl (C=O) groups excluding carboxylic acids is 1. The van der Waals surface area contributed by atoms with E-state index in [-0.39, 0.29) is 22.9 Å². The second-order valence-corrected chi connectivity index (χ2v) is 16.1. The molecule has 7 heterocycles. The standard InChI is InChI=1S/C38H48N4O2/c1-3-35-14-7-19-40-21-17-37(33(35)40)29(13-16-35)39-31-24(11-12-28(43)30(31)37)27-23-36(4-2)15-8-20-41-22-18-38(34(36)41)32(44)25-9-5-6-10-26(25)42(27)38/h5-6,9-12,27,29,33-34,39,43H,3-4,7-8,13-23H2,1-2H3/t27-,29-,33-,34-,35-,36-,37+,38+/m1/s1. The Hall–Kier alpha value is -2.57. The number of ketones is 1. The first-order valence-corrected chi connectivity index (χ1v) is 18.0. The molecule has 6 heteroatoms. The van der Waals surface area contributed by atoms with Gasteiger partial charge in [-0.05, 0) is 125 Å². The van der Waals surface area contributed by atoms with Gasteiger partial charge in [0.15, 0.2) is 5.78 Å². The number of phenolic OH excluding ortho intramolecular Hbond substituents is 1. The molecule has 5 saturated heterocycles. The van der Waals surface area contributed by atoms with Gasteiger partial charge in [0.1, 0.15) is 11.3 Å². The number of hydrogen-bond donors (Lipinski definition) is 2. The Kier molecular flexibility index (Phi) is 5.21. The van der Waals surface area contributed by atoms with Crippen LogP contribution in [-0.2, 0) is 5.41 Å². The molecule has 1 aliphatic carbocycles. The van der Waals surface area contributed by atoms with Gasteiger partial charge < -0.3 is 15.3 Å². The van der Waals surface area contributed by atoms with Crippen molar-refractivity contribution >= 4 is 17.2 Å². The lowest BCUT2D eigenvalue weighted by Crippen LogP contribution is -2.70. The molecule has 0 unspecified atom stereocenters. The fourth-order valence-corrected chi connectivity index (χ4v) is 13.7. The van der Waals surface area contributed by atoms with Crippen molar-refractivity contribution in [2.75, 3.05) is 36.4 Å². The number of phenols is 1. The zero-order valence-electron chi connectivity index (χ0n) is 26.6. The molecule has 6 fully saturated rings. The Balaban J connectivity index is 1.19. The first-order valence-electron chi connectivity index (χ1n) is 18.0. The molecule has 10 rings (SSSR count). The average molecular weight is 593 g/mol. The third kappa shape index (κ3) is 2.79. The monoisotopic (exact) mass is 592 g/mol. The third-order valence-corrected chi connectivity index (χ3v) is 15.1. The Bertz CT molecular complexity index is 1590. The normalized spacial score (nSPS) is 43.1. The van der Waals surface area contributed by atoms with Crippen molar-refractivity contribution in [1.82, 2.24) is 9.80 Å². The maximum Gasteiger partial charge on any atom is 0.192 e. The second kappa shape index (κ2) is 8.61. The van der Waals surface area contributed by atoms with E-state index in [4.69, 9.17) is 0 Å². The predicted octanol–water partition coefficient (Wildman–Crippen LogP) is 6.63. The summed E-state index contributed by atoms with van der Waals surface area (Å²) in [4.78, 5) is 23.0. The number of carbonyl (C=O) groups is 1. The third-order valence-electron chi connectivity index (χ3n) is 15.1. The number of nitrogens with one attached hydrogen (secondary N) is 1. The molecule has 6 nitrogen and oxygen atoms in total. The number of nitrogens with zero attached hydrogens (tertiary/aromatic N) is 3. The largest absolute Gasteiger partial charge is 0.508 e. The van der Waals surface area contributed by atoms with Gasteiger partial charge in [0, 0.05) is 52.6 Å². The highest BCUT2D eigenvalue weighted by molar-refractivity contribution is 6.15. The van der Waals surface area contributed by atoms with Crippen LogP contribution in [0.5, 0.6) is 5.75 Å². The highest BCUT2D eigenvalue weighted by Crippen LogP contribution is 2.69. The first-order chi connectivity index (χ1) is 21.4. The Morgan fingerprint density at radius 3 is 2.43 bits per heavy atom. The number of para-hydroxylation sites is 1. The molecule has 44 heavy (non-hydrogen) atoms. The van der Waals surface area contributed by atoms with E-state index in [9.17, 15) is 9.90 Å². The number of hydrogen-bond acceptors (Lipinski definition) is 6. The SMILES string of the molecule is CC[C@@]12CCCN3CC[C@]4(c5c(O)ccc([C@H]6C[C@@]7(CC)CCCN8CC[C@]9(C(=O)c%10ccccc%10N69)[C@H]87)c5N[C@@H]4CC1)[C@H]32. The minimum Gasteiger partial charge on any atom is -0.508 e. The molecule has 0 bridgehead atoms. The zero-order chi connectivity index (χ0) is 29.6. The van der Waals surface area contributed by atoms with Crippen LogP contribution in [0, 0.1) is 10.8 Å². The highest BCUT2D eigenvalue weighted by Gasteiger charge is 2.72. The van der Waals surface area contributed by atoms with Crippen LogP contribution in [0.15, 0.2) is 36.4 Å². The molecule has 1 saturated carbocycles. The van der Waals surface area contributed by atoms with Crippen molar-refractivity contribution in [3.8, 4) is 5.75 Å². The summed E-state index contributed by atoms with van der Waals surface area (Å²) < 4.78 is 0. The van der Waals surface area contributed by atoms with Gasteiger partial charge in [-0.15, -0.1) is 0 Å². The summed E-state index contributed by atoms with van der Waals surface area (Å²) >= 11 is 0. The van der Waals surface area contributed by atoms with Gasteiger partial charge in [-0.1, -0.05) is 32.0 Å². The van der Waals surface area contributed by atoms with Crippen molar-refractivity contribution < 1.29 is 9.90 Å². The second-order valence-electron chi connectivity index (χ2n) is 16.1. The summed E-state index contributed by atoms with van der Waals surface area (Å²) in [6, 6.07) is 14.0. The van der Waals surface area contributed by atoms with E-state index in [1.807, 2.05) is 6.07 Å². The molecule has 2 spiro atoms. The molecule has 232 valence electrons. The Labute approximate surface area is 262 Å². The van der Waals surface area contributed by atoms with Crippen LogP contribution in [0.25, 0.3) is 0 Å². The zero-order valence-corrected chi connectivity index (χ0v) is 26.6. The predicted molar refractivity (Wildman–Crippen MR) is 174 cm³/mol. The lowest BCUT2D eigenvalue weighted by Gasteiger charge is -2.61. The number of anilines is 2. The average Bonchev–Trinajstić information content (AvgIpc) is 3.80. The topological polar surface area (TPSA) is 59.1 Å². The van der Waals surface area contributed by atoms with Crippen LogP contribution < -0.4 is 10.2 Å². The van der Waals surface area contributed by atoms with Crippen LogP contribution in [0.4, 0.5) is 11.4 Å². The lowest BCUT2D eigenvalue weighted by atomic mass is 9.52. The van der Waals surface area contributed by atoms with Gasteiger partial charge in [0.25, 0.3) is 0 Å². The van der Waals surface area contributed by atoms with Gasteiger partial charge in [-0.2, -0.15) is 0 Å². The van der Waals surface area contributed by atoms with E-state index >= 15 is 0 Å². The quantitative estimate of drug-likeness (QED) is 0.417. The number of Topliss-reactive ketones (excluding diaryl/α,β-unsaturated/α-hetero) is 1. The number of rotatable bonds is 3. The fraction of sp³-hybridized carbons (Fsp3) is 0.658. The molecular formula is C38H48N4O2. The van der Waals surface area contributed by atoms with Crippen molar-refractivity contribution in [2.45, 2.75) is 120 Å². The Morgan fingerprint density at radius 1 is 0.864 bits per heavy atom. The molecule has 7 aliphatic heterocycles. The van der Waals surface area contributed by atoms with Gasteiger partial charge in [-0.25, -0.2) is 0 Å². The van der Waals surface area contributed by atoms with Crippen LogP contribution in [0.1, 0.15) is 112 Å². The highest BCUT2D eigenvalue weighted by atomic mass is 16.3. The smallest absolute Gasteiger partial charge is 0.192 e. The van der Waals surface area contributed by atoms with Crippen LogP contribution >= 0.6 is 0 Å². The molecular weight excluding hydrogens is 544 g/mol. The first kappa shape index (κ1) is 26.6. The molecule has 2 N–H and O–H groups in total. The van der Waals surface area contributed by atoms with E-state index in [0.29, 0.717) is 29.0 Å². The maximum atomic E-state index is 14.8. The Morgan fingerprint density at radius 2 is 1.61 bits per heavy atom. The minimum atomic E-state index is -0.498. The molecule has 0 amide bonds. The van der Waals surface area contributed by atoms with Crippen molar-refractivity contribution in [3.63, 3.8) is 0 Å². The van der Waals surface area contributed by atoms with Crippen molar-refractivity contribution in [1.29, 1.82) is 0 Å². The number of aromatic hydroxyl groups is 1. The summed E-state index contributed by atoms with van der Waals surface area (Å²) in [5.41, 5.74) is 5.78. The fourth-order valence-electron chi connectivity index (χ4n) is 13.7. The molecule has 0 radical (unpaired) electrons. The van der Waals surface area contributed by atoms with E-state index in [2.05, 4.69) is 64.2 Å². The molecule has 0 aromatic heterocycles. The van der Waals surface area contributed by atoms with E-state index < -0.39 is 5.54 Å². The summed E-state index contributed by atoms with van der Waals surface area (Å²) in [6.45, 7) is 9.30. The van der Waals surface area contributed by atoms with Crippen molar-refractivity contribution in [2.24, 2.45) is 10.8 Å². The molecule has 8 atom stereocenters. The van der Waals surface area contributed by atoms with Gasteiger partial charge in [0.05, 0.1) is 6.04 Å².